The second-order valence-corrected chi connectivity index (χ2v) is 7.68. The molecule has 1 unspecified atom stereocenters. The summed E-state index contributed by atoms with van der Waals surface area (Å²) >= 11 is 0. The molecule has 0 saturated carbocycles. The molecule has 1 aliphatic carbocycles. The lowest BCUT2D eigenvalue weighted by Gasteiger charge is -2.37. The standard InChI is InChI=1S/C20H22N2O3/c1-11-16-17(12-5-7-13(24-4)8-6-12)18-14(21-19(16)25-22-11)9-20(2,3)10-15(18)23/h5-8,17,21H,9-10H2,1-4H3. The second kappa shape index (κ2) is 5.48. The first-order valence-corrected chi connectivity index (χ1v) is 8.53. The van der Waals surface area contributed by atoms with Crippen molar-refractivity contribution in [1.82, 2.24) is 5.16 Å². The van der Waals surface area contributed by atoms with Crippen LogP contribution in [0.2, 0.25) is 0 Å². The van der Waals surface area contributed by atoms with Crippen molar-refractivity contribution in [3.05, 3.63) is 52.4 Å². The number of aryl methyl sites for hydroxylation is 1. The minimum Gasteiger partial charge on any atom is -0.497 e. The van der Waals surface area contributed by atoms with E-state index in [-0.39, 0.29) is 17.1 Å². The van der Waals surface area contributed by atoms with Crippen LogP contribution in [0.1, 0.15) is 49.4 Å². The number of ketones is 1. The van der Waals surface area contributed by atoms with Gasteiger partial charge in [0.2, 0.25) is 5.88 Å². The first-order chi connectivity index (χ1) is 11.9. The Hall–Kier alpha value is -2.56. The zero-order chi connectivity index (χ0) is 17.8. The van der Waals surface area contributed by atoms with E-state index in [2.05, 4.69) is 24.3 Å². The molecule has 4 rings (SSSR count). The summed E-state index contributed by atoms with van der Waals surface area (Å²) in [5.41, 5.74) is 4.58. The number of Topliss-reactive ketones (excluding diaryl/α,β-unsaturated/α-hetero) is 1. The Morgan fingerprint density at radius 2 is 1.96 bits per heavy atom. The molecule has 0 spiro atoms. The minimum atomic E-state index is -0.146. The molecule has 1 atom stereocenters. The molecule has 2 aromatic rings. The van der Waals surface area contributed by atoms with Crippen LogP contribution in [-0.2, 0) is 4.79 Å². The number of aromatic nitrogens is 1. The first-order valence-electron chi connectivity index (χ1n) is 8.53. The van der Waals surface area contributed by atoms with Crippen molar-refractivity contribution in [3.8, 4) is 5.75 Å². The number of nitrogens with zero attached hydrogens (tertiary/aromatic N) is 1. The molecule has 0 radical (unpaired) electrons. The summed E-state index contributed by atoms with van der Waals surface area (Å²) < 4.78 is 10.8. The van der Waals surface area contributed by atoms with Gasteiger partial charge < -0.3 is 14.6 Å². The summed E-state index contributed by atoms with van der Waals surface area (Å²) in [6.45, 7) is 6.17. The Morgan fingerprint density at radius 1 is 1.24 bits per heavy atom. The fraction of sp³-hybridized carbons (Fsp3) is 0.400. The molecule has 5 heteroatoms. The maximum absolute atomic E-state index is 13.0. The molecule has 0 fully saturated rings. The fourth-order valence-electron chi connectivity index (χ4n) is 4.00. The highest BCUT2D eigenvalue weighted by atomic mass is 16.5. The van der Waals surface area contributed by atoms with Crippen molar-refractivity contribution in [3.63, 3.8) is 0 Å². The lowest BCUT2D eigenvalue weighted by Crippen LogP contribution is -2.33. The monoisotopic (exact) mass is 338 g/mol. The third-order valence-electron chi connectivity index (χ3n) is 5.12. The quantitative estimate of drug-likeness (QED) is 0.889. The van der Waals surface area contributed by atoms with Crippen molar-refractivity contribution in [2.45, 2.75) is 39.5 Å². The van der Waals surface area contributed by atoms with Gasteiger partial charge in [-0.15, -0.1) is 0 Å². The topological polar surface area (TPSA) is 64.4 Å². The molecule has 1 aromatic heterocycles. The predicted molar refractivity (Wildman–Crippen MR) is 94.7 cm³/mol. The van der Waals surface area contributed by atoms with E-state index in [1.807, 2.05) is 31.2 Å². The number of carbonyl (C=O) groups is 1. The Morgan fingerprint density at radius 3 is 2.64 bits per heavy atom. The smallest absolute Gasteiger partial charge is 0.233 e. The number of rotatable bonds is 2. The highest BCUT2D eigenvalue weighted by Crippen LogP contribution is 2.49. The highest BCUT2D eigenvalue weighted by molar-refractivity contribution is 6.01. The summed E-state index contributed by atoms with van der Waals surface area (Å²) in [6, 6.07) is 7.89. The van der Waals surface area contributed by atoms with Gasteiger partial charge in [0.25, 0.3) is 0 Å². The minimum absolute atomic E-state index is 0.0556. The molecular formula is C20H22N2O3. The van der Waals surface area contributed by atoms with Gasteiger partial charge in [-0.05, 0) is 36.5 Å². The average molecular weight is 338 g/mol. The number of allylic oxidation sites excluding steroid dienone is 2. The maximum Gasteiger partial charge on any atom is 0.233 e. The molecule has 0 saturated heterocycles. The summed E-state index contributed by atoms with van der Waals surface area (Å²) in [5, 5.41) is 7.46. The number of benzene rings is 1. The molecule has 5 nitrogen and oxygen atoms in total. The molecular weight excluding hydrogens is 316 g/mol. The van der Waals surface area contributed by atoms with Crippen LogP contribution in [0.15, 0.2) is 40.1 Å². The van der Waals surface area contributed by atoms with Crippen LogP contribution in [0, 0.1) is 12.3 Å². The van der Waals surface area contributed by atoms with E-state index >= 15 is 0 Å². The van der Waals surface area contributed by atoms with Gasteiger partial charge in [-0.3, -0.25) is 4.79 Å². The lowest BCUT2D eigenvalue weighted by molar-refractivity contribution is -0.118. The van der Waals surface area contributed by atoms with Crippen LogP contribution in [-0.4, -0.2) is 18.0 Å². The fourth-order valence-corrected chi connectivity index (χ4v) is 4.00. The van der Waals surface area contributed by atoms with Crippen LogP contribution in [0.5, 0.6) is 5.75 Å². The zero-order valence-electron chi connectivity index (χ0n) is 15.0. The molecule has 0 amide bonds. The molecule has 1 aromatic carbocycles. The van der Waals surface area contributed by atoms with Gasteiger partial charge in [0, 0.05) is 23.6 Å². The molecule has 2 aliphatic rings. The van der Waals surface area contributed by atoms with Crippen LogP contribution in [0.25, 0.3) is 0 Å². The van der Waals surface area contributed by atoms with Gasteiger partial charge in [0.05, 0.1) is 18.4 Å². The molecule has 1 N–H and O–H groups in total. The van der Waals surface area contributed by atoms with E-state index < -0.39 is 0 Å². The number of hydrogen-bond donors (Lipinski definition) is 1. The van der Waals surface area contributed by atoms with Crippen LogP contribution in [0.4, 0.5) is 5.88 Å². The maximum atomic E-state index is 13.0. The third-order valence-corrected chi connectivity index (χ3v) is 5.12. The lowest BCUT2D eigenvalue weighted by atomic mass is 9.69. The van der Waals surface area contributed by atoms with Crippen LogP contribution >= 0.6 is 0 Å². The molecule has 0 bridgehead atoms. The number of carbonyl (C=O) groups excluding carboxylic acids is 1. The van der Waals surface area contributed by atoms with Crippen molar-refractivity contribution in [1.29, 1.82) is 0 Å². The van der Waals surface area contributed by atoms with Crippen molar-refractivity contribution >= 4 is 11.7 Å². The van der Waals surface area contributed by atoms with Crippen molar-refractivity contribution in [2.75, 3.05) is 12.4 Å². The average Bonchev–Trinajstić information content (AvgIpc) is 2.93. The molecule has 1 aliphatic heterocycles. The highest BCUT2D eigenvalue weighted by Gasteiger charge is 2.42. The largest absolute Gasteiger partial charge is 0.497 e. The van der Waals surface area contributed by atoms with Gasteiger partial charge in [-0.25, -0.2) is 0 Å². The van der Waals surface area contributed by atoms with E-state index in [1.54, 1.807) is 7.11 Å². The van der Waals surface area contributed by atoms with E-state index in [9.17, 15) is 4.79 Å². The van der Waals surface area contributed by atoms with E-state index in [1.165, 1.54) is 0 Å². The summed E-state index contributed by atoms with van der Waals surface area (Å²) in [4.78, 5) is 13.0. The van der Waals surface area contributed by atoms with Gasteiger partial charge in [0.1, 0.15) is 5.75 Å². The summed E-state index contributed by atoms with van der Waals surface area (Å²) in [7, 11) is 1.65. The van der Waals surface area contributed by atoms with Crippen LogP contribution < -0.4 is 10.1 Å². The second-order valence-electron chi connectivity index (χ2n) is 7.68. The predicted octanol–water partition coefficient (Wildman–Crippen LogP) is 4.19. The van der Waals surface area contributed by atoms with Crippen LogP contribution in [0.3, 0.4) is 0 Å². The first kappa shape index (κ1) is 15.9. The normalized spacial score (nSPS) is 21.4. The third kappa shape index (κ3) is 2.54. The number of anilines is 1. The molecule has 2 heterocycles. The van der Waals surface area contributed by atoms with E-state index in [4.69, 9.17) is 9.26 Å². The Balaban J connectivity index is 1.89. The van der Waals surface area contributed by atoms with Gasteiger partial charge in [-0.1, -0.05) is 31.1 Å². The van der Waals surface area contributed by atoms with E-state index in [0.29, 0.717) is 12.3 Å². The number of hydrogen-bond acceptors (Lipinski definition) is 5. The van der Waals surface area contributed by atoms with Gasteiger partial charge in [0.15, 0.2) is 5.78 Å². The van der Waals surface area contributed by atoms with Gasteiger partial charge >= 0.3 is 0 Å². The van der Waals surface area contributed by atoms with Gasteiger partial charge in [-0.2, -0.15) is 0 Å². The number of fused-ring (bicyclic) bond motifs is 1. The number of ether oxygens (including phenoxy) is 1. The number of methoxy groups -OCH3 is 1. The summed E-state index contributed by atoms with van der Waals surface area (Å²) in [5.74, 6) is 1.51. The summed E-state index contributed by atoms with van der Waals surface area (Å²) in [6.07, 6.45) is 1.37. The zero-order valence-corrected chi connectivity index (χ0v) is 15.0. The Labute approximate surface area is 147 Å². The molecule has 130 valence electrons. The number of nitrogens with one attached hydrogen (secondary N) is 1. The van der Waals surface area contributed by atoms with Crippen molar-refractivity contribution < 1.29 is 14.1 Å². The molecule has 25 heavy (non-hydrogen) atoms. The van der Waals surface area contributed by atoms with E-state index in [0.717, 1.165) is 40.3 Å². The SMILES string of the molecule is COc1ccc(C2C3=C(CC(C)(C)CC3=O)Nc3onc(C)c32)cc1. The Bertz CT molecular complexity index is 875. The Kier molecular flexibility index (Phi) is 3.49. The van der Waals surface area contributed by atoms with Crippen molar-refractivity contribution in [2.24, 2.45) is 5.41 Å².